The highest BCUT2D eigenvalue weighted by molar-refractivity contribution is 6.06. The molecule has 0 fully saturated rings. The van der Waals surface area contributed by atoms with Gasteiger partial charge in [-0.3, -0.25) is 14.4 Å². The van der Waals surface area contributed by atoms with Crippen molar-refractivity contribution < 1.29 is 14.4 Å². The van der Waals surface area contributed by atoms with Crippen molar-refractivity contribution in [2.45, 2.75) is 12.5 Å². The molecule has 0 heterocycles. The van der Waals surface area contributed by atoms with Crippen molar-refractivity contribution in [3.63, 3.8) is 0 Å². The van der Waals surface area contributed by atoms with Crippen LogP contribution in [0.15, 0.2) is 42.5 Å². The zero-order valence-electron chi connectivity index (χ0n) is 11.8. The van der Waals surface area contributed by atoms with Gasteiger partial charge >= 0.3 is 0 Å². The molecule has 5 N–H and O–H groups in total. The minimum atomic E-state index is -1.50. The van der Waals surface area contributed by atoms with E-state index in [1.807, 2.05) is 42.5 Å². The lowest BCUT2D eigenvalue weighted by Gasteiger charge is -2.11. The van der Waals surface area contributed by atoms with Gasteiger partial charge in [-0.2, -0.15) is 0 Å². The van der Waals surface area contributed by atoms with Crippen LogP contribution in [0.5, 0.6) is 0 Å². The van der Waals surface area contributed by atoms with Crippen LogP contribution in [-0.4, -0.2) is 23.8 Å². The molecule has 0 aromatic heterocycles. The molecule has 0 spiro atoms. The van der Waals surface area contributed by atoms with Crippen LogP contribution in [0.1, 0.15) is 5.56 Å². The van der Waals surface area contributed by atoms with Crippen LogP contribution in [0.4, 0.5) is 0 Å². The van der Waals surface area contributed by atoms with Crippen molar-refractivity contribution >= 4 is 28.5 Å². The third-order valence-corrected chi connectivity index (χ3v) is 3.19. The molecule has 0 unspecified atom stereocenters. The molecule has 2 aromatic carbocycles. The SMILES string of the molecule is NC(=O)C(NC(=O)[CH]Cc1ccc2ccccc2c1)C(N)=O. The number of nitrogens with two attached hydrogens (primary N) is 2. The number of carbonyl (C=O) groups is 3. The Hall–Kier alpha value is -2.89. The molecule has 1 radical (unpaired) electrons. The van der Waals surface area contributed by atoms with Gasteiger partial charge in [0.05, 0.1) is 6.42 Å². The molecule has 3 amide bonds. The Morgan fingerprint density at radius 3 is 2.27 bits per heavy atom. The molecular formula is C16H16N3O3. The summed E-state index contributed by atoms with van der Waals surface area (Å²) in [4.78, 5) is 33.7. The number of carbonyl (C=O) groups excluding carboxylic acids is 3. The number of primary amides is 2. The van der Waals surface area contributed by atoms with Crippen LogP contribution in [-0.2, 0) is 20.8 Å². The average Bonchev–Trinajstić information content (AvgIpc) is 2.49. The van der Waals surface area contributed by atoms with Crippen LogP contribution in [0.3, 0.4) is 0 Å². The number of hydrogen-bond acceptors (Lipinski definition) is 3. The van der Waals surface area contributed by atoms with Crippen LogP contribution < -0.4 is 16.8 Å². The van der Waals surface area contributed by atoms with Crippen LogP contribution >= 0.6 is 0 Å². The number of benzene rings is 2. The van der Waals surface area contributed by atoms with Crippen LogP contribution in [0, 0.1) is 6.42 Å². The molecule has 2 rings (SSSR count). The van der Waals surface area contributed by atoms with Crippen molar-refractivity contribution in [3.8, 4) is 0 Å². The van der Waals surface area contributed by atoms with Crippen molar-refractivity contribution in [3.05, 3.63) is 54.4 Å². The molecule has 6 heteroatoms. The average molecular weight is 298 g/mol. The monoisotopic (exact) mass is 298 g/mol. The second kappa shape index (κ2) is 6.71. The van der Waals surface area contributed by atoms with Crippen molar-refractivity contribution in [2.24, 2.45) is 11.5 Å². The lowest BCUT2D eigenvalue weighted by atomic mass is 10.0. The van der Waals surface area contributed by atoms with Gasteiger partial charge in [0.1, 0.15) is 0 Å². The molecule has 0 aliphatic rings. The van der Waals surface area contributed by atoms with Gasteiger partial charge in [0, 0.05) is 0 Å². The van der Waals surface area contributed by atoms with E-state index in [0.29, 0.717) is 6.42 Å². The summed E-state index contributed by atoms with van der Waals surface area (Å²) in [5, 5.41) is 4.36. The van der Waals surface area contributed by atoms with Gasteiger partial charge in [0.2, 0.25) is 17.7 Å². The van der Waals surface area contributed by atoms with Crippen molar-refractivity contribution in [1.29, 1.82) is 0 Å². The van der Waals surface area contributed by atoms with E-state index in [0.717, 1.165) is 16.3 Å². The minimum absolute atomic E-state index is 0.362. The maximum Gasteiger partial charge on any atom is 0.249 e. The molecule has 0 aliphatic heterocycles. The van der Waals surface area contributed by atoms with E-state index in [9.17, 15) is 14.4 Å². The Labute approximate surface area is 127 Å². The van der Waals surface area contributed by atoms with Crippen LogP contribution in [0.2, 0.25) is 0 Å². The highest BCUT2D eigenvalue weighted by Crippen LogP contribution is 2.16. The Morgan fingerprint density at radius 2 is 1.64 bits per heavy atom. The summed E-state index contributed by atoms with van der Waals surface area (Å²) < 4.78 is 0. The fourth-order valence-corrected chi connectivity index (χ4v) is 2.06. The summed E-state index contributed by atoms with van der Waals surface area (Å²) >= 11 is 0. The molecule has 6 nitrogen and oxygen atoms in total. The topological polar surface area (TPSA) is 115 Å². The summed E-state index contributed by atoms with van der Waals surface area (Å²) in [6.45, 7) is 0. The largest absolute Gasteiger partial charge is 0.367 e. The van der Waals surface area contributed by atoms with Crippen molar-refractivity contribution in [1.82, 2.24) is 5.32 Å². The Balaban J connectivity index is 1.97. The van der Waals surface area contributed by atoms with E-state index in [1.54, 1.807) is 0 Å². The van der Waals surface area contributed by atoms with Gasteiger partial charge < -0.3 is 16.8 Å². The number of amides is 3. The molecule has 22 heavy (non-hydrogen) atoms. The first-order valence-electron chi connectivity index (χ1n) is 6.67. The predicted octanol–water partition coefficient (Wildman–Crippen LogP) is 0.0420. The Kier molecular flexibility index (Phi) is 4.73. The second-order valence-electron chi connectivity index (χ2n) is 4.84. The maximum absolute atomic E-state index is 11.7. The molecule has 0 bridgehead atoms. The zero-order valence-corrected chi connectivity index (χ0v) is 11.8. The van der Waals surface area contributed by atoms with E-state index in [-0.39, 0.29) is 0 Å². The van der Waals surface area contributed by atoms with Crippen LogP contribution in [0.25, 0.3) is 10.8 Å². The first-order chi connectivity index (χ1) is 10.5. The predicted molar refractivity (Wildman–Crippen MR) is 82.3 cm³/mol. The molecular weight excluding hydrogens is 282 g/mol. The van der Waals surface area contributed by atoms with E-state index in [1.165, 1.54) is 6.42 Å². The molecule has 0 saturated heterocycles. The number of fused-ring (bicyclic) bond motifs is 1. The fraction of sp³-hybridized carbons (Fsp3) is 0.125. The Bertz CT molecular complexity index is 713. The highest BCUT2D eigenvalue weighted by atomic mass is 16.2. The normalized spacial score (nSPS) is 10.6. The maximum atomic E-state index is 11.7. The summed E-state index contributed by atoms with van der Waals surface area (Å²) in [7, 11) is 0. The van der Waals surface area contributed by atoms with Gasteiger partial charge in [-0.05, 0) is 22.8 Å². The number of rotatable bonds is 6. The standard InChI is InChI=1S/C16H16N3O3/c17-15(21)14(16(18)22)19-13(20)8-6-10-5-7-11-3-1-2-4-12(11)9-10/h1-5,7-9,14H,6H2,(H2,17,21)(H2,18,22)(H,19,20). The summed E-state index contributed by atoms with van der Waals surface area (Å²) in [6.07, 6.45) is 1.70. The molecule has 0 saturated carbocycles. The minimum Gasteiger partial charge on any atom is -0.367 e. The summed E-state index contributed by atoms with van der Waals surface area (Å²) in [5.74, 6) is -2.55. The van der Waals surface area contributed by atoms with Gasteiger partial charge in [-0.1, -0.05) is 42.5 Å². The first kappa shape index (κ1) is 15.5. The molecule has 113 valence electrons. The van der Waals surface area contributed by atoms with E-state index >= 15 is 0 Å². The fourth-order valence-electron chi connectivity index (χ4n) is 2.06. The zero-order chi connectivity index (χ0) is 16.1. The Morgan fingerprint density at radius 1 is 1.00 bits per heavy atom. The quantitative estimate of drug-likeness (QED) is 0.654. The smallest absolute Gasteiger partial charge is 0.249 e. The highest BCUT2D eigenvalue weighted by Gasteiger charge is 2.23. The first-order valence-corrected chi connectivity index (χ1v) is 6.67. The van der Waals surface area contributed by atoms with E-state index in [2.05, 4.69) is 5.32 Å². The lowest BCUT2D eigenvalue weighted by Crippen LogP contribution is -2.52. The third kappa shape index (κ3) is 3.82. The third-order valence-electron chi connectivity index (χ3n) is 3.19. The van der Waals surface area contributed by atoms with Crippen molar-refractivity contribution in [2.75, 3.05) is 0 Å². The lowest BCUT2D eigenvalue weighted by molar-refractivity contribution is -0.132. The summed E-state index contributed by atoms with van der Waals surface area (Å²) in [5.41, 5.74) is 10.9. The van der Waals surface area contributed by atoms with Gasteiger partial charge in [0.15, 0.2) is 6.04 Å². The molecule has 0 aliphatic carbocycles. The molecule has 2 aromatic rings. The van der Waals surface area contributed by atoms with Gasteiger partial charge in [-0.15, -0.1) is 0 Å². The van der Waals surface area contributed by atoms with E-state index in [4.69, 9.17) is 11.5 Å². The van der Waals surface area contributed by atoms with E-state index < -0.39 is 23.8 Å². The molecule has 0 atom stereocenters. The summed E-state index contributed by atoms with van der Waals surface area (Å²) in [6, 6.07) is 12.2. The number of nitrogens with one attached hydrogen (secondary N) is 1. The van der Waals surface area contributed by atoms with Gasteiger partial charge in [0.25, 0.3) is 0 Å². The second-order valence-corrected chi connectivity index (χ2v) is 4.84. The van der Waals surface area contributed by atoms with Gasteiger partial charge in [-0.25, -0.2) is 0 Å². The number of hydrogen-bond donors (Lipinski definition) is 3.